The third kappa shape index (κ3) is 13.2. The number of unbranched alkanes of at least 4 members (excludes halogenated alkanes) is 2. The average molecular weight is 453 g/mol. The number of fused-ring (bicyclic) bond motifs is 1. The molecule has 0 radical (unpaired) electrons. The van der Waals surface area contributed by atoms with Gasteiger partial charge in [0.1, 0.15) is 5.82 Å². The van der Waals surface area contributed by atoms with Crippen LogP contribution in [0.5, 0.6) is 5.88 Å². The van der Waals surface area contributed by atoms with Crippen molar-refractivity contribution in [3.63, 3.8) is 0 Å². The summed E-state index contributed by atoms with van der Waals surface area (Å²) in [6.45, 7) is 13.7. The maximum atomic E-state index is 12.1. The van der Waals surface area contributed by atoms with Gasteiger partial charge in [-0.2, -0.15) is 17.2 Å². The monoisotopic (exact) mass is 452 g/mol. The third-order valence-corrected chi connectivity index (χ3v) is 4.59. The molecule has 0 aromatic carbocycles. The van der Waals surface area contributed by atoms with Gasteiger partial charge in [0.15, 0.2) is 0 Å². The SMILES string of the molecule is [CH2-]CCCCc1ccc2c(n1)NCCC2.[CH2-]COc1cnc(F)cn1.[CH2-]C[C@H](C)C(=O)O.[Li+]. The number of carboxylic acid groups (broad SMARTS) is 1. The Morgan fingerprint density at radius 3 is 2.55 bits per heavy atom. The van der Waals surface area contributed by atoms with E-state index in [0.29, 0.717) is 6.42 Å². The predicted octanol–water partition coefficient (Wildman–Crippen LogP) is 1.75. The molecule has 33 heavy (non-hydrogen) atoms. The van der Waals surface area contributed by atoms with Crippen LogP contribution in [0.15, 0.2) is 24.5 Å². The maximum absolute atomic E-state index is 12.1. The molecule has 0 aliphatic carbocycles. The number of ether oxygens (including phenoxy) is 1. The van der Waals surface area contributed by atoms with Crippen molar-refractivity contribution in [2.75, 3.05) is 18.5 Å². The number of pyridine rings is 1. The van der Waals surface area contributed by atoms with Gasteiger partial charge in [0, 0.05) is 18.2 Å². The molecule has 2 aromatic rings. The number of nitrogens with one attached hydrogen (secondary N) is 1. The number of carboxylic acids is 1. The first-order valence-corrected chi connectivity index (χ1v) is 10.8. The molecule has 3 heterocycles. The Balaban J connectivity index is 0.000000497. The van der Waals surface area contributed by atoms with Crippen LogP contribution < -0.4 is 28.9 Å². The average Bonchev–Trinajstić information content (AvgIpc) is 2.81. The quantitative estimate of drug-likeness (QED) is 0.358. The molecule has 1 aliphatic rings. The number of hydrogen-bond donors (Lipinski definition) is 2. The van der Waals surface area contributed by atoms with Crippen molar-refractivity contribution in [1.29, 1.82) is 0 Å². The van der Waals surface area contributed by atoms with E-state index >= 15 is 0 Å². The first-order valence-electron chi connectivity index (χ1n) is 10.8. The number of aryl methyl sites for hydroxylation is 2. The summed E-state index contributed by atoms with van der Waals surface area (Å²) < 4.78 is 16.9. The first kappa shape index (κ1) is 30.8. The molecule has 0 amide bonds. The van der Waals surface area contributed by atoms with Crippen molar-refractivity contribution in [3.05, 3.63) is 62.5 Å². The Hall–Kier alpha value is -2.17. The largest absolute Gasteiger partial charge is 1.00 e. The number of hydrogen-bond acceptors (Lipinski definition) is 6. The van der Waals surface area contributed by atoms with E-state index in [1.807, 2.05) is 0 Å². The van der Waals surface area contributed by atoms with Crippen LogP contribution in [-0.2, 0) is 17.6 Å². The molecule has 1 aliphatic heterocycles. The maximum Gasteiger partial charge on any atom is 1.00 e. The predicted molar refractivity (Wildman–Crippen MR) is 124 cm³/mol. The number of rotatable bonds is 8. The summed E-state index contributed by atoms with van der Waals surface area (Å²) >= 11 is 0. The molecule has 0 spiro atoms. The zero-order valence-electron chi connectivity index (χ0n) is 19.9. The van der Waals surface area contributed by atoms with Gasteiger partial charge >= 0.3 is 24.8 Å². The van der Waals surface area contributed by atoms with Gasteiger partial charge in [0.25, 0.3) is 0 Å². The summed E-state index contributed by atoms with van der Waals surface area (Å²) in [5.74, 6) is -0.267. The molecule has 2 aromatic heterocycles. The van der Waals surface area contributed by atoms with Gasteiger partial charge in [-0.05, 0) is 37.5 Å². The van der Waals surface area contributed by atoms with Crippen molar-refractivity contribution < 1.29 is 37.9 Å². The van der Waals surface area contributed by atoms with Crippen LogP contribution >= 0.6 is 0 Å². The summed E-state index contributed by atoms with van der Waals surface area (Å²) in [6, 6.07) is 4.41. The molecule has 1 atom stereocenters. The van der Waals surface area contributed by atoms with E-state index < -0.39 is 11.9 Å². The minimum absolute atomic E-state index is 0. The number of nitrogens with zero attached hydrogens (tertiary/aromatic N) is 3. The second-order valence-electron chi connectivity index (χ2n) is 7.21. The first-order chi connectivity index (χ1) is 15.4. The van der Waals surface area contributed by atoms with Crippen LogP contribution in [0.2, 0.25) is 0 Å². The summed E-state index contributed by atoms with van der Waals surface area (Å²) in [6.07, 6.45) is 9.60. The number of aliphatic carboxylic acids is 1. The van der Waals surface area contributed by atoms with E-state index in [1.54, 1.807) is 6.92 Å². The second-order valence-corrected chi connectivity index (χ2v) is 7.21. The fourth-order valence-corrected chi connectivity index (χ4v) is 2.59. The van der Waals surface area contributed by atoms with E-state index in [9.17, 15) is 9.18 Å². The Bertz CT molecular complexity index is 794. The van der Waals surface area contributed by atoms with Gasteiger partial charge < -0.3 is 35.9 Å². The molecule has 2 N–H and O–H groups in total. The molecule has 178 valence electrons. The smallest absolute Gasteiger partial charge is 0.510 e. The fraction of sp³-hybridized carbons (Fsp3) is 0.458. The Labute approximate surface area is 209 Å². The summed E-state index contributed by atoms with van der Waals surface area (Å²) in [5, 5.41) is 11.5. The second kappa shape index (κ2) is 18.3. The number of anilines is 1. The Kier molecular flexibility index (Phi) is 17.1. The topological polar surface area (TPSA) is 97.2 Å². The number of halogens is 1. The van der Waals surface area contributed by atoms with Crippen LogP contribution in [0.25, 0.3) is 0 Å². The van der Waals surface area contributed by atoms with Crippen LogP contribution in [0.3, 0.4) is 0 Å². The fourth-order valence-electron chi connectivity index (χ4n) is 2.59. The molecule has 0 unspecified atom stereocenters. The van der Waals surface area contributed by atoms with Crippen LogP contribution in [-0.4, -0.2) is 39.2 Å². The van der Waals surface area contributed by atoms with E-state index in [2.05, 4.69) is 53.2 Å². The van der Waals surface area contributed by atoms with Crippen LogP contribution in [0.1, 0.15) is 50.3 Å². The molecule has 0 saturated carbocycles. The minimum atomic E-state index is -0.769. The van der Waals surface area contributed by atoms with Crippen molar-refractivity contribution in [2.24, 2.45) is 5.92 Å². The van der Waals surface area contributed by atoms with Crippen molar-refractivity contribution in [3.8, 4) is 5.88 Å². The van der Waals surface area contributed by atoms with Gasteiger partial charge in [-0.25, -0.2) is 15.0 Å². The molecule has 0 fully saturated rings. The molecule has 0 bridgehead atoms. The van der Waals surface area contributed by atoms with Gasteiger partial charge in [-0.15, -0.1) is 0 Å². The van der Waals surface area contributed by atoms with Crippen molar-refractivity contribution >= 4 is 11.8 Å². The van der Waals surface area contributed by atoms with E-state index in [0.717, 1.165) is 31.4 Å². The van der Waals surface area contributed by atoms with Gasteiger partial charge in [-0.1, -0.05) is 25.8 Å². The van der Waals surface area contributed by atoms with E-state index in [4.69, 9.17) is 9.84 Å². The van der Waals surface area contributed by atoms with Crippen molar-refractivity contribution in [2.45, 2.75) is 51.9 Å². The zero-order valence-corrected chi connectivity index (χ0v) is 19.9. The van der Waals surface area contributed by atoms with Gasteiger partial charge in [0.05, 0.1) is 12.4 Å². The number of aromatic nitrogens is 3. The van der Waals surface area contributed by atoms with Crippen molar-refractivity contribution in [1.82, 2.24) is 15.0 Å². The van der Waals surface area contributed by atoms with E-state index in [-0.39, 0.29) is 37.3 Å². The third-order valence-electron chi connectivity index (χ3n) is 4.59. The molecule has 7 nitrogen and oxygen atoms in total. The van der Waals surface area contributed by atoms with Gasteiger partial charge in [0.2, 0.25) is 11.8 Å². The molecular formula is C24H34FLiN4O3-2. The molecule has 3 rings (SSSR count). The van der Waals surface area contributed by atoms with E-state index in [1.165, 1.54) is 43.1 Å². The Morgan fingerprint density at radius 2 is 2.00 bits per heavy atom. The molecular weight excluding hydrogens is 418 g/mol. The standard InChI is InChI=1S/C13H19N2.C6H6FN2O.C5H9O2.Li/c1-2-3-4-7-12-9-8-11-6-5-10-14-13(11)15-12;1-2-10-6-4-8-5(7)3-9-6;1-3-4(2)5(6)7;/h8-9H,1-7,10H2,(H,14,15);3-4H,1-2H2;4H,1,3H2,2H3,(H,6,7);/q3*-1;+1/t;;4-;/m..0./s1. The summed E-state index contributed by atoms with van der Waals surface area (Å²) in [5.41, 5.74) is 2.60. The number of carbonyl (C=O) groups is 1. The normalized spacial score (nSPS) is 12.3. The molecule has 9 heteroatoms. The van der Waals surface area contributed by atoms with Crippen LogP contribution in [0, 0.1) is 32.6 Å². The zero-order chi connectivity index (χ0) is 23.8. The minimum Gasteiger partial charge on any atom is -0.510 e. The van der Waals surface area contributed by atoms with Gasteiger partial charge in [-0.3, -0.25) is 4.79 Å². The summed E-state index contributed by atoms with van der Waals surface area (Å²) in [7, 11) is 0. The molecule has 0 saturated heterocycles. The Morgan fingerprint density at radius 1 is 1.24 bits per heavy atom. The van der Waals surface area contributed by atoms with Crippen LogP contribution in [0.4, 0.5) is 10.2 Å². The summed E-state index contributed by atoms with van der Waals surface area (Å²) in [4.78, 5) is 21.4.